The highest BCUT2D eigenvalue weighted by molar-refractivity contribution is 8.00. The second kappa shape index (κ2) is 8.55. The van der Waals surface area contributed by atoms with Crippen molar-refractivity contribution < 1.29 is 4.74 Å². The van der Waals surface area contributed by atoms with E-state index >= 15 is 0 Å². The molecule has 1 unspecified atom stereocenters. The lowest BCUT2D eigenvalue weighted by atomic mass is 10.1. The van der Waals surface area contributed by atoms with Gasteiger partial charge in [-0.2, -0.15) is 11.8 Å². The molecule has 3 nitrogen and oxygen atoms in total. The van der Waals surface area contributed by atoms with Crippen molar-refractivity contribution >= 4 is 11.8 Å². The topological polar surface area (TPSA) is 38.5 Å². The Morgan fingerprint density at radius 2 is 2.15 bits per heavy atom. The molecule has 1 aromatic rings. The molecule has 1 aliphatic rings. The molecule has 0 bridgehead atoms. The zero-order valence-electron chi connectivity index (χ0n) is 12.4. The van der Waals surface area contributed by atoms with E-state index in [0.717, 1.165) is 30.6 Å². The Kier molecular flexibility index (Phi) is 6.70. The van der Waals surface area contributed by atoms with Gasteiger partial charge in [0, 0.05) is 30.6 Å². The third kappa shape index (κ3) is 5.00. The summed E-state index contributed by atoms with van der Waals surface area (Å²) in [6, 6.07) is 8.30. The quantitative estimate of drug-likeness (QED) is 0.838. The van der Waals surface area contributed by atoms with Gasteiger partial charge >= 0.3 is 0 Å². The van der Waals surface area contributed by atoms with Gasteiger partial charge in [-0.15, -0.1) is 0 Å². The second-order valence-electron chi connectivity index (χ2n) is 5.23. The van der Waals surface area contributed by atoms with E-state index in [-0.39, 0.29) is 0 Å². The lowest BCUT2D eigenvalue weighted by Crippen LogP contribution is -2.39. The Balaban J connectivity index is 1.69. The summed E-state index contributed by atoms with van der Waals surface area (Å²) < 4.78 is 5.83. The fourth-order valence-electron chi connectivity index (χ4n) is 2.44. The minimum Gasteiger partial charge on any atom is -0.492 e. The molecule has 1 fully saturated rings. The van der Waals surface area contributed by atoms with E-state index in [0.29, 0.717) is 6.54 Å². The van der Waals surface area contributed by atoms with Crippen LogP contribution in [0.1, 0.15) is 18.9 Å². The third-order valence-electron chi connectivity index (χ3n) is 3.71. The van der Waals surface area contributed by atoms with Crippen molar-refractivity contribution in [3.05, 3.63) is 29.8 Å². The average molecular weight is 294 g/mol. The Morgan fingerprint density at radius 3 is 2.85 bits per heavy atom. The molecule has 2 rings (SSSR count). The summed E-state index contributed by atoms with van der Waals surface area (Å²) >= 11 is 2.11. The van der Waals surface area contributed by atoms with Gasteiger partial charge in [0.1, 0.15) is 12.4 Å². The molecule has 0 amide bonds. The van der Waals surface area contributed by atoms with Crippen LogP contribution in [0.4, 0.5) is 0 Å². The van der Waals surface area contributed by atoms with Crippen LogP contribution in [0.5, 0.6) is 5.75 Å². The van der Waals surface area contributed by atoms with E-state index < -0.39 is 0 Å². The lowest BCUT2D eigenvalue weighted by Gasteiger charge is -2.31. The molecular formula is C16H26N2OS. The zero-order chi connectivity index (χ0) is 14.2. The van der Waals surface area contributed by atoms with Crippen LogP contribution in [0.3, 0.4) is 0 Å². The number of thioether (sulfide) groups is 1. The van der Waals surface area contributed by atoms with Crippen molar-refractivity contribution in [2.45, 2.75) is 25.0 Å². The number of hydrogen-bond donors (Lipinski definition) is 1. The molecule has 1 aromatic carbocycles. The molecule has 2 N–H and O–H groups in total. The molecule has 4 heteroatoms. The molecule has 1 aliphatic heterocycles. The lowest BCUT2D eigenvalue weighted by molar-refractivity contribution is 0.212. The van der Waals surface area contributed by atoms with Gasteiger partial charge in [-0.1, -0.05) is 19.1 Å². The number of nitrogens with zero attached hydrogens (tertiary/aromatic N) is 1. The first kappa shape index (κ1) is 15.7. The number of hydrogen-bond acceptors (Lipinski definition) is 4. The van der Waals surface area contributed by atoms with E-state index in [1.165, 1.54) is 30.8 Å². The molecule has 1 saturated heterocycles. The van der Waals surface area contributed by atoms with E-state index in [9.17, 15) is 0 Å². The molecule has 0 aliphatic carbocycles. The Hall–Kier alpha value is -0.710. The first-order valence-electron chi connectivity index (χ1n) is 7.57. The van der Waals surface area contributed by atoms with Crippen LogP contribution in [0.15, 0.2) is 24.3 Å². The smallest absolute Gasteiger partial charge is 0.119 e. The second-order valence-corrected chi connectivity index (χ2v) is 6.64. The number of nitrogens with two attached hydrogens (primary N) is 1. The standard InChI is InChI=1S/C16H26N2OS/c1-2-16-13-18(10-12-20-16)9-11-19-15-5-3-14(4-6-15)7-8-17/h3-6,16H,2,7-13,17H2,1H3. The summed E-state index contributed by atoms with van der Waals surface area (Å²) in [4.78, 5) is 2.52. The average Bonchev–Trinajstić information content (AvgIpc) is 2.50. The van der Waals surface area contributed by atoms with Gasteiger partial charge in [-0.25, -0.2) is 0 Å². The fourth-order valence-corrected chi connectivity index (χ4v) is 3.69. The largest absolute Gasteiger partial charge is 0.492 e. The molecule has 0 aromatic heterocycles. The maximum atomic E-state index is 5.83. The first-order chi connectivity index (χ1) is 9.81. The van der Waals surface area contributed by atoms with Crippen molar-refractivity contribution in [3.63, 3.8) is 0 Å². The summed E-state index contributed by atoms with van der Waals surface area (Å²) in [6.07, 6.45) is 2.20. The Labute approximate surface area is 126 Å². The highest BCUT2D eigenvalue weighted by Gasteiger charge is 2.18. The van der Waals surface area contributed by atoms with Gasteiger partial charge in [0.25, 0.3) is 0 Å². The van der Waals surface area contributed by atoms with Crippen molar-refractivity contribution in [3.8, 4) is 5.75 Å². The van der Waals surface area contributed by atoms with E-state index in [4.69, 9.17) is 10.5 Å². The summed E-state index contributed by atoms with van der Waals surface area (Å²) in [5.41, 5.74) is 6.82. The summed E-state index contributed by atoms with van der Waals surface area (Å²) in [7, 11) is 0. The molecule has 0 saturated carbocycles. The molecular weight excluding hydrogens is 268 g/mol. The SMILES string of the molecule is CCC1CN(CCOc2ccc(CCN)cc2)CCS1. The molecule has 0 spiro atoms. The van der Waals surface area contributed by atoms with E-state index in [2.05, 4.69) is 35.7 Å². The summed E-state index contributed by atoms with van der Waals surface area (Å²) in [6.45, 7) is 7.19. The van der Waals surface area contributed by atoms with Gasteiger partial charge in [-0.05, 0) is 37.1 Å². The van der Waals surface area contributed by atoms with Crippen LogP contribution in [-0.2, 0) is 6.42 Å². The molecule has 112 valence electrons. The van der Waals surface area contributed by atoms with Crippen LogP contribution < -0.4 is 10.5 Å². The number of benzene rings is 1. The van der Waals surface area contributed by atoms with Crippen molar-refractivity contribution in [1.82, 2.24) is 4.90 Å². The molecule has 1 heterocycles. The predicted octanol–water partition coefficient (Wildman–Crippen LogP) is 2.39. The van der Waals surface area contributed by atoms with E-state index in [1.807, 2.05) is 12.1 Å². The highest BCUT2D eigenvalue weighted by atomic mass is 32.2. The van der Waals surface area contributed by atoms with Gasteiger partial charge in [0.2, 0.25) is 0 Å². The number of ether oxygens (including phenoxy) is 1. The Bertz CT molecular complexity index is 383. The summed E-state index contributed by atoms with van der Waals surface area (Å²) in [5, 5.41) is 0.805. The zero-order valence-corrected chi connectivity index (χ0v) is 13.2. The van der Waals surface area contributed by atoms with Crippen LogP contribution >= 0.6 is 11.8 Å². The van der Waals surface area contributed by atoms with Crippen molar-refractivity contribution in [1.29, 1.82) is 0 Å². The minimum absolute atomic E-state index is 0.700. The van der Waals surface area contributed by atoms with Gasteiger partial charge in [0.15, 0.2) is 0 Å². The maximum Gasteiger partial charge on any atom is 0.119 e. The maximum absolute atomic E-state index is 5.83. The monoisotopic (exact) mass is 294 g/mol. The van der Waals surface area contributed by atoms with Gasteiger partial charge < -0.3 is 10.5 Å². The highest BCUT2D eigenvalue weighted by Crippen LogP contribution is 2.20. The van der Waals surface area contributed by atoms with Crippen LogP contribution in [-0.4, -0.2) is 48.7 Å². The van der Waals surface area contributed by atoms with Crippen LogP contribution in [0.2, 0.25) is 0 Å². The van der Waals surface area contributed by atoms with Crippen LogP contribution in [0, 0.1) is 0 Å². The van der Waals surface area contributed by atoms with Gasteiger partial charge in [0.05, 0.1) is 0 Å². The first-order valence-corrected chi connectivity index (χ1v) is 8.62. The number of rotatable bonds is 7. The third-order valence-corrected chi connectivity index (χ3v) is 5.08. The van der Waals surface area contributed by atoms with Crippen molar-refractivity contribution in [2.24, 2.45) is 5.73 Å². The molecule has 20 heavy (non-hydrogen) atoms. The fraction of sp³-hybridized carbons (Fsp3) is 0.625. The molecule has 1 atom stereocenters. The minimum atomic E-state index is 0.700. The predicted molar refractivity (Wildman–Crippen MR) is 87.7 cm³/mol. The van der Waals surface area contributed by atoms with Crippen LogP contribution in [0.25, 0.3) is 0 Å². The Morgan fingerprint density at radius 1 is 1.35 bits per heavy atom. The summed E-state index contributed by atoms with van der Waals surface area (Å²) in [5.74, 6) is 2.22. The van der Waals surface area contributed by atoms with Gasteiger partial charge in [-0.3, -0.25) is 4.90 Å². The van der Waals surface area contributed by atoms with E-state index in [1.54, 1.807) is 0 Å². The van der Waals surface area contributed by atoms with Crippen molar-refractivity contribution in [2.75, 3.05) is 38.5 Å². The normalized spacial score (nSPS) is 20.0. The molecule has 0 radical (unpaired) electrons.